The SMILES string of the molecule is CN(CC/C=C1/c2ccccc2CCc2ccc(CC(=O)O)cc21)CCC1CCN(c2cc(=O)n(C)c(=O)n2C)CC1. The van der Waals surface area contributed by atoms with E-state index in [4.69, 9.17) is 0 Å². The number of hydrogen-bond donors (Lipinski definition) is 1. The summed E-state index contributed by atoms with van der Waals surface area (Å²) in [6.45, 7) is 3.67. The van der Waals surface area contributed by atoms with Gasteiger partial charge in [0.25, 0.3) is 5.56 Å². The molecule has 0 atom stereocenters. The molecule has 1 fully saturated rings. The van der Waals surface area contributed by atoms with E-state index >= 15 is 0 Å². The standard InChI is InChI=1S/C34H42N4O4/c1-35(18-14-24-15-19-38(20-16-24)31-23-32(39)37(3)34(42)36(31)2)17-6-9-29-28-8-5-4-7-26(28)12-13-27-11-10-25(21-30(27)29)22-33(40)41/h4-5,7-11,21,23-24H,6,12-20,22H2,1-3H3,(H,40,41)/b29-9-. The summed E-state index contributed by atoms with van der Waals surface area (Å²) in [6.07, 6.45) is 8.45. The van der Waals surface area contributed by atoms with Gasteiger partial charge in [0.05, 0.1) is 6.42 Å². The highest BCUT2D eigenvalue weighted by Crippen LogP contribution is 2.34. The fourth-order valence-electron chi connectivity index (χ4n) is 6.43. The lowest BCUT2D eigenvalue weighted by atomic mass is 9.91. The van der Waals surface area contributed by atoms with Crippen molar-refractivity contribution in [2.24, 2.45) is 20.0 Å². The minimum Gasteiger partial charge on any atom is -0.481 e. The van der Waals surface area contributed by atoms with E-state index in [9.17, 15) is 19.5 Å². The van der Waals surface area contributed by atoms with E-state index in [1.54, 1.807) is 17.7 Å². The van der Waals surface area contributed by atoms with Crippen LogP contribution in [0.4, 0.5) is 5.82 Å². The predicted octanol–water partition coefficient (Wildman–Crippen LogP) is 3.87. The maximum atomic E-state index is 12.3. The first-order valence-corrected chi connectivity index (χ1v) is 15.0. The van der Waals surface area contributed by atoms with E-state index in [0.29, 0.717) is 11.7 Å². The Morgan fingerprint density at radius 1 is 0.952 bits per heavy atom. The zero-order valence-electron chi connectivity index (χ0n) is 25.0. The summed E-state index contributed by atoms with van der Waals surface area (Å²) >= 11 is 0. The number of carboxylic acids is 1. The molecule has 0 bridgehead atoms. The molecule has 2 aromatic carbocycles. The van der Waals surface area contributed by atoms with Crippen LogP contribution >= 0.6 is 0 Å². The fourth-order valence-corrected chi connectivity index (χ4v) is 6.43. The number of hydrogen-bond acceptors (Lipinski definition) is 5. The molecule has 0 amide bonds. The van der Waals surface area contributed by atoms with Crippen LogP contribution in [0.1, 0.15) is 53.5 Å². The molecule has 1 aromatic heterocycles. The van der Waals surface area contributed by atoms with Gasteiger partial charge in [-0.1, -0.05) is 48.5 Å². The first-order chi connectivity index (χ1) is 20.2. The molecule has 3 aromatic rings. The minimum atomic E-state index is -0.807. The monoisotopic (exact) mass is 570 g/mol. The van der Waals surface area contributed by atoms with Gasteiger partial charge >= 0.3 is 11.7 Å². The Bertz CT molecular complexity index is 1590. The van der Waals surface area contributed by atoms with Crippen molar-refractivity contribution in [1.82, 2.24) is 14.0 Å². The van der Waals surface area contributed by atoms with Gasteiger partial charge in [-0.3, -0.25) is 18.7 Å². The molecule has 8 nitrogen and oxygen atoms in total. The van der Waals surface area contributed by atoms with Crippen LogP contribution in [0.3, 0.4) is 0 Å². The second-order valence-electron chi connectivity index (χ2n) is 11.9. The average Bonchev–Trinajstić information content (AvgIpc) is 3.13. The quantitative estimate of drug-likeness (QED) is 0.420. The second kappa shape index (κ2) is 12.9. The zero-order valence-corrected chi connectivity index (χ0v) is 25.0. The largest absolute Gasteiger partial charge is 0.481 e. The van der Waals surface area contributed by atoms with Crippen molar-refractivity contribution in [3.8, 4) is 0 Å². The Hall–Kier alpha value is -3.91. The summed E-state index contributed by atoms with van der Waals surface area (Å²) in [5.74, 6) is 0.528. The lowest BCUT2D eigenvalue weighted by Crippen LogP contribution is -2.43. The fraction of sp³-hybridized carbons (Fsp3) is 0.441. The molecule has 42 heavy (non-hydrogen) atoms. The number of nitrogens with zero attached hydrogens (tertiary/aromatic N) is 4. The van der Waals surface area contributed by atoms with Gasteiger partial charge in [-0.05, 0) is 91.4 Å². The van der Waals surface area contributed by atoms with Gasteiger partial charge in [-0.15, -0.1) is 0 Å². The van der Waals surface area contributed by atoms with Crippen LogP contribution in [0.25, 0.3) is 5.57 Å². The minimum absolute atomic E-state index is 0.0335. The Balaban J connectivity index is 1.19. The summed E-state index contributed by atoms with van der Waals surface area (Å²) in [7, 11) is 5.43. The molecule has 0 unspecified atom stereocenters. The topological polar surface area (TPSA) is 87.8 Å². The number of aromatic nitrogens is 2. The number of piperidine rings is 1. The summed E-state index contributed by atoms with van der Waals surface area (Å²) in [4.78, 5) is 40.5. The summed E-state index contributed by atoms with van der Waals surface area (Å²) in [5.41, 5.74) is 6.56. The van der Waals surface area contributed by atoms with Gasteiger partial charge in [0.1, 0.15) is 5.82 Å². The number of carboxylic acid groups (broad SMARTS) is 1. The van der Waals surface area contributed by atoms with Crippen molar-refractivity contribution in [2.45, 2.75) is 44.9 Å². The van der Waals surface area contributed by atoms with Gasteiger partial charge in [0.15, 0.2) is 0 Å². The van der Waals surface area contributed by atoms with Crippen molar-refractivity contribution in [3.63, 3.8) is 0 Å². The Kier molecular flexibility index (Phi) is 9.12. The highest BCUT2D eigenvalue weighted by molar-refractivity contribution is 5.84. The maximum absolute atomic E-state index is 12.3. The third-order valence-electron chi connectivity index (χ3n) is 9.01. The van der Waals surface area contributed by atoms with Gasteiger partial charge in [-0.25, -0.2) is 4.79 Å². The highest BCUT2D eigenvalue weighted by atomic mass is 16.4. The third kappa shape index (κ3) is 6.59. The number of fused-ring (bicyclic) bond motifs is 2. The molecule has 0 saturated carbocycles. The van der Waals surface area contributed by atoms with E-state index in [2.05, 4.69) is 59.3 Å². The average molecular weight is 571 g/mol. The summed E-state index contributed by atoms with van der Waals surface area (Å²) < 4.78 is 2.72. The number of benzene rings is 2. The normalized spacial score (nSPS) is 16.4. The van der Waals surface area contributed by atoms with Crippen LogP contribution in [0.15, 0.2) is 64.2 Å². The van der Waals surface area contributed by atoms with Gasteiger partial charge in [0, 0.05) is 39.8 Å². The van der Waals surface area contributed by atoms with E-state index in [1.807, 2.05) is 6.07 Å². The molecule has 1 aliphatic carbocycles. The maximum Gasteiger partial charge on any atom is 0.332 e. The van der Waals surface area contributed by atoms with Crippen LogP contribution in [0, 0.1) is 5.92 Å². The zero-order chi connectivity index (χ0) is 29.8. The number of carbonyl (C=O) groups is 1. The molecule has 0 spiro atoms. The lowest BCUT2D eigenvalue weighted by molar-refractivity contribution is -0.136. The molecule has 2 heterocycles. The summed E-state index contributed by atoms with van der Waals surface area (Å²) in [5, 5.41) is 9.36. The molecule has 5 rings (SSSR count). The lowest BCUT2D eigenvalue weighted by Gasteiger charge is -2.34. The van der Waals surface area contributed by atoms with Crippen molar-refractivity contribution in [1.29, 1.82) is 0 Å². The Morgan fingerprint density at radius 2 is 1.67 bits per heavy atom. The Labute approximate surface area is 247 Å². The molecule has 1 aliphatic heterocycles. The van der Waals surface area contributed by atoms with Crippen LogP contribution < -0.4 is 16.1 Å². The van der Waals surface area contributed by atoms with E-state index in [-0.39, 0.29) is 17.7 Å². The second-order valence-corrected chi connectivity index (χ2v) is 11.9. The van der Waals surface area contributed by atoms with Crippen LogP contribution in [-0.2, 0) is 38.2 Å². The third-order valence-corrected chi connectivity index (χ3v) is 9.01. The molecule has 222 valence electrons. The van der Waals surface area contributed by atoms with E-state index in [1.165, 1.54) is 34.9 Å². The number of aryl methyl sites for hydroxylation is 2. The van der Waals surface area contributed by atoms with Gasteiger partial charge in [0.2, 0.25) is 0 Å². The Morgan fingerprint density at radius 3 is 2.40 bits per heavy atom. The predicted molar refractivity (Wildman–Crippen MR) is 167 cm³/mol. The molecular weight excluding hydrogens is 528 g/mol. The van der Waals surface area contributed by atoms with Crippen molar-refractivity contribution in [2.75, 3.05) is 38.1 Å². The molecule has 8 heteroatoms. The van der Waals surface area contributed by atoms with Gasteiger partial charge in [-0.2, -0.15) is 0 Å². The number of rotatable bonds is 9. The molecule has 1 N–H and O–H groups in total. The highest BCUT2D eigenvalue weighted by Gasteiger charge is 2.23. The first kappa shape index (κ1) is 29.6. The number of anilines is 1. The van der Waals surface area contributed by atoms with Crippen LogP contribution in [0.5, 0.6) is 0 Å². The van der Waals surface area contributed by atoms with E-state index < -0.39 is 5.97 Å². The molecule has 0 radical (unpaired) electrons. The number of aliphatic carboxylic acids is 1. The van der Waals surface area contributed by atoms with Crippen LogP contribution in [-0.4, -0.2) is 58.3 Å². The molecule has 1 saturated heterocycles. The van der Waals surface area contributed by atoms with Crippen molar-refractivity contribution in [3.05, 3.63) is 103 Å². The van der Waals surface area contributed by atoms with Crippen molar-refractivity contribution < 1.29 is 9.90 Å². The molecule has 2 aliphatic rings. The molecular formula is C34H42N4O4. The van der Waals surface area contributed by atoms with Crippen LogP contribution in [0.2, 0.25) is 0 Å². The smallest absolute Gasteiger partial charge is 0.332 e. The van der Waals surface area contributed by atoms with E-state index in [0.717, 1.165) is 74.8 Å². The van der Waals surface area contributed by atoms with Gasteiger partial charge < -0.3 is 14.9 Å². The first-order valence-electron chi connectivity index (χ1n) is 15.0. The summed E-state index contributed by atoms with van der Waals surface area (Å²) in [6, 6.07) is 16.3. The van der Waals surface area contributed by atoms with Crippen molar-refractivity contribution >= 4 is 17.4 Å².